The fraction of sp³-hybridized carbons (Fsp3) is 0.450. The summed E-state index contributed by atoms with van der Waals surface area (Å²) in [6.45, 7) is 12.1. The van der Waals surface area contributed by atoms with E-state index in [2.05, 4.69) is 25.3 Å². The maximum Gasteiger partial charge on any atom is 0.340 e. The first kappa shape index (κ1) is 21.2. The van der Waals surface area contributed by atoms with Gasteiger partial charge in [0.25, 0.3) is 0 Å². The minimum Gasteiger partial charge on any atom is -0.507 e. The van der Waals surface area contributed by atoms with Gasteiger partial charge in [-0.15, -0.1) is 36.6 Å². The van der Waals surface area contributed by atoms with Crippen molar-refractivity contribution < 1.29 is 14.6 Å². The molecule has 2 rings (SSSR count). The first-order valence-electron chi connectivity index (χ1n) is 8.37. The Kier molecular flexibility index (Phi) is 6.10. The number of phenols is 1. The van der Waals surface area contributed by atoms with Gasteiger partial charge in [-0.05, 0) is 22.3 Å². The summed E-state index contributed by atoms with van der Waals surface area (Å²) in [7, 11) is 0. The Labute approximate surface area is 170 Å². The highest BCUT2D eigenvalue weighted by Gasteiger charge is 2.34. The second kappa shape index (κ2) is 7.49. The highest BCUT2D eigenvalue weighted by molar-refractivity contribution is 7.81. The van der Waals surface area contributed by atoms with Gasteiger partial charge in [0.2, 0.25) is 0 Å². The summed E-state index contributed by atoms with van der Waals surface area (Å²) < 4.78 is 5.50. The van der Waals surface area contributed by atoms with Gasteiger partial charge >= 0.3 is 5.97 Å². The van der Waals surface area contributed by atoms with Gasteiger partial charge in [-0.1, -0.05) is 47.6 Å². The Hall–Kier alpha value is -1.11. The van der Waals surface area contributed by atoms with Crippen LogP contribution in [0, 0.1) is 0 Å². The van der Waals surface area contributed by atoms with Gasteiger partial charge in [0.05, 0.1) is 5.56 Å². The zero-order valence-corrected chi connectivity index (χ0v) is 18.6. The molecule has 0 aliphatic carbocycles. The van der Waals surface area contributed by atoms with Gasteiger partial charge in [-0.2, -0.15) is 0 Å². The van der Waals surface area contributed by atoms with Crippen LogP contribution in [0.3, 0.4) is 0 Å². The molecule has 0 aliphatic rings. The first-order valence-corrected chi connectivity index (χ1v) is 10.1. The third kappa shape index (κ3) is 4.24. The molecule has 0 bridgehead atoms. The molecule has 142 valence electrons. The lowest BCUT2D eigenvalue weighted by atomic mass is 9.78. The number of carbonyl (C=O) groups excluding carboxylic acids is 1. The van der Waals surface area contributed by atoms with Crippen molar-refractivity contribution in [2.24, 2.45) is 0 Å². The smallest absolute Gasteiger partial charge is 0.340 e. The zero-order valence-electron chi connectivity index (χ0n) is 16.0. The van der Waals surface area contributed by atoms with Crippen molar-refractivity contribution in [1.29, 1.82) is 0 Å². The number of thiol groups is 2. The third-order valence-corrected chi connectivity index (χ3v) is 5.79. The predicted molar refractivity (Wildman–Crippen MR) is 113 cm³/mol. The van der Waals surface area contributed by atoms with Crippen LogP contribution in [-0.4, -0.2) is 11.1 Å². The summed E-state index contributed by atoms with van der Waals surface area (Å²) in [5, 5.41) is 12.9. The first-order chi connectivity index (χ1) is 11.9. The van der Waals surface area contributed by atoms with E-state index in [1.54, 1.807) is 0 Å². The SMILES string of the molecule is CC(C)(C)c1c(O)c(C(C)(C)C)c(S)c(C(=O)OCc2cccs2)c1S. The molecule has 1 heterocycles. The van der Waals surface area contributed by atoms with Crippen LogP contribution in [-0.2, 0) is 22.2 Å². The molecule has 0 unspecified atom stereocenters. The average Bonchev–Trinajstić information content (AvgIpc) is 2.94. The quantitative estimate of drug-likeness (QED) is 0.431. The van der Waals surface area contributed by atoms with Gasteiger partial charge in [0.15, 0.2) is 0 Å². The molecule has 0 aliphatic heterocycles. The predicted octanol–water partition coefficient (Wildman–Crippen LogP) is 5.98. The van der Waals surface area contributed by atoms with E-state index < -0.39 is 16.8 Å². The van der Waals surface area contributed by atoms with E-state index in [4.69, 9.17) is 4.74 Å². The molecule has 2 aromatic rings. The topological polar surface area (TPSA) is 46.5 Å². The van der Waals surface area contributed by atoms with E-state index >= 15 is 0 Å². The number of phenolic OH excluding ortho intramolecular Hbond substituents is 1. The van der Waals surface area contributed by atoms with Crippen LogP contribution in [0.25, 0.3) is 0 Å². The third-order valence-electron chi connectivity index (χ3n) is 4.05. The normalized spacial score (nSPS) is 12.3. The van der Waals surface area contributed by atoms with E-state index in [0.29, 0.717) is 26.5 Å². The minimum atomic E-state index is -0.482. The monoisotopic (exact) mass is 410 g/mol. The molecule has 0 spiro atoms. The molecule has 26 heavy (non-hydrogen) atoms. The van der Waals surface area contributed by atoms with Crippen LogP contribution in [0.1, 0.15) is 67.9 Å². The Bertz CT molecular complexity index is 769. The van der Waals surface area contributed by atoms with Crippen LogP contribution < -0.4 is 0 Å². The summed E-state index contributed by atoms with van der Waals surface area (Å²) in [5.41, 5.74) is 0.774. The van der Waals surface area contributed by atoms with E-state index in [9.17, 15) is 9.90 Å². The number of carbonyl (C=O) groups is 1. The van der Waals surface area contributed by atoms with Crippen molar-refractivity contribution in [2.75, 3.05) is 0 Å². The second-order valence-corrected chi connectivity index (χ2v) is 10.3. The number of rotatable bonds is 3. The van der Waals surface area contributed by atoms with Gasteiger partial charge in [-0.25, -0.2) is 4.79 Å². The molecule has 0 amide bonds. The van der Waals surface area contributed by atoms with Crippen molar-refractivity contribution in [2.45, 2.75) is 68.8 Å². The van der Waals surface area contributed by atoms with Gasteiger partial charge in [-0.3, -0.25) is 0 Å². The van der Waals surface area contributed by atoms with E-state index in [1.807, 2.05) is 59.1 Å². The Morgan fingerprint density at radius 3 is 1.96 bits per heavy atom. The molecule has 3 nitrogen and oxygen atoms in total. The molecule has 0 fully saturated rings. The van der Waals surface area contributed by atoms with Crippen LogP contribution in [0.2, 0.25) is 0 Å². The molecular formula is C20H26O3S3. The lowest BCUT2D eigenvalue weighted by Crippen LogP contribution is -2.22. The molecule has 0 atom stereocenters. The largest absolute Gasteiger partial charge is 0.507 e. The van der Waals surface area contributed by atoms with Crippen molar-refractivity contribution in [1.82, 2.24) is 0 Å². The molecule has 0 saturated carbocycles. The number of hydrogen-bond acceptors (Lipinski definition) is 6. The average molecular weight is 411 g/mol. The summed E-state index contributed by atoms with van der Waals surface area (Å²) in [6, 6.07) is 3.83. The van der Waals surface area contributed by atoms with Crippen molar-refractivity contribution in [3.63, 3.8) is 0 Å². The molecule has 0 radical (unpaired) electrons. The number of ether oxygens (including phenoxy) is 1. The van der Waals surface area contributed by atoms with Gasteiger partial charge in [0, 0.05) is 25.8 Å². The highest BCUT2D eigenvalue weighted by Crippen LogP contribution is 2.47. The van der Waals surface area contributed by atoms with Gasteiger partial charge in [0.1, 0.15) is 12.4 Å². The maximum absolute atomic E-state index is 12.9. The van der Waals surface area contributed by atoms with Crippen molar-refractivity contribution in [3.8, 4) is 5.75 Å². The molecular weight excluding hydrogens is 384 g/mol. The number of hydrogen-bond donors (Lipinski definition) is 3. The molecule has 0 saturated heterocycles. The lowest BCUT2D eigenvalue weighted by Gasteiger charge is -2.31. The highest BCUT2D eigenvalue weighted by atomic mass is 32.1. The Balaban J connectivity index is 2.62. The van der Waals surface area contributed by atoms with Crippen LogP contribution in [0.4, 0.5) is 0 Å². The van der Waals surface area contributed by atoms with Crippen molar-refractivity contribution >= 4 is 42.6 Å². The standard InChI is InChI=1S/C20H26O3S3/c1-19(2,3)13-15(21)14(20(4,5)6)17(25)12(16(13)24)18(22)23-10-11-8-7-9-26-11/h7-9,21,24-25H,10H2,1-6H3. The van der Waals surface area contributed by atoms with Gasteiger partial charge < -0.3 is 9.84 Å². The molecule has 1 aromatic heterocycles. The Morgan fingerprint density at radius 2 is 1.58 bits per heavy atom. The lowest BCUT2D eigenvalue weighted by molar-refractivity contribution is 0.0467. The number of esters is 1. The number of benzene rings is 1. The van der Waals surface area contributed by atoms with Crippen LogP contribution in [0.15, 0.2) is 27.3 Å². The van der Waals surface area contributed by atoms with E-state index in [0.717, 1.165) is 4.88 Å². The second-order valence-electron chi connectivity index (χ2n) is 8.33. The summed E-state index contributed by atoms with van der Waals surface area (Å²) in [6.07, 6.45) is 0. The molecule has 6 heteroatoms. The summed E-state index contributed by atoms with van der Waals surface area (Å²) in [5.74, 6) is -0.334. The van der Waals surface area contributed by atoms with Crippen LogP contribution >= 0.6 is 36.6 Å². The van der Waals surface area contributed by atoms with Crippen molar-refractivity contribution in [3.05, 3.63) is 39.1 Å². The van der Waals surface area contributed by atoms with E-state index in [-0.39, 0.29) is 12.4 Å². The van der Waals surface area contributed by atoms with E-state index in [1.165, 1.54) is 11.3 Å². The minimum absolute atomic E-state index is 0.148. The Morgan fingerprint density at radius 1 is 1.08 bits per heavy atom. The summed E-state index contributed by atoms with van der Waals surface area (Å²) >= 11 is 10.7. The van der Waals surface area contributed by atoms with Crippen LogP contribution in [0.5, 0.6) is 5.75 Å². The fourth-order valence-electron chi connectivity index (χ4n) is 2.93. The molecule has 1 N–H and O–H groups in total. The molecule has 1 aromatic carbocycles. The maximum atomic E-state index is 12.9. The number of thiophene rings is 1. The fourth-order valence-corrected chi connectivity index (χ4v) is 4.92. The number of aromatic hydroxyl groups is 1. The zero-order chi connectivity index (χ0) is 19.9. The summed E-state index contributed by atoms with van der Waals surface area (Å²) in [4.78, 5) is 14.7.